The minimum atomic E-state index is -0.692. The zero-order valence-corrected chi connectivity index (χ0v) is 28.0. The molecule has 3 saturated heterocycles. The maximum absolute atomic E-state index is 17.3. The molecule has 1 N–H and O–H groups in total. The van der Waals surface area contributed by atoms with Gasteiger partial charge in [-0.2, -0.15) is 9.97 Å². The van der Waals surface area contributed by atoms with Crippen LogP contribution >= 0.6 is 0 Å². The fourth-order valence-electron chi connectivity index (χ4n) is 8.54. The number of rotatable bonds is 5. The van der Waals surface area contributed by atoms with Crippen molar-refractivity contribution >= 4 is 27.5 Å². The van der Waals surface area contributed by atoms with Gasteiger partial charge in [-0.05, 0) is 73.9 Å². The fraction of sp³-hybridized carbons (Fsp3) is 0.474. The van der Waals surface area contributed by atoms with E-state index in [-0.39, 0.29) is 45.5 Å². The number of phenolic OH excluding ortho intramolecular Hbond substituents is 1. The molecule has 3 aromatic carbocycles. The van der Waals surface area contributed by atoms with E-state index >= 15 is 8.78 Å². The van der Waals surface area contributed by atoms with Crippen molar-refractivity contribution in [1.29, 1.82) is 0 Å². The summed E-state index contributed by atoms with van der Waals surface area (Å²) in [7, 11) is 1.66. The van der Waals surface area contributed by atoms with E-state index in [4.69, 9.17) is 35.3 Å². The largest absolute Gasteiger partial charge is 0.508 e. The van der Waals surface area contributed by atoms with Crippen molar-refractivity contribution in [3.05, 3.63) is 47.5 Å². The van der Waals surface area contributed by atoms with Gasteiger partial charge >= 0.3 is 6.01 Å². The molecule has 0 radical (unpaired) electrons. The molecule has 0 saturated carbocycles. The molecule has 0 amide bonds. The molecule has 11 heteroatoms. The molecule has 4 aromatic rings. The lowest BCUT2D eigenvalue weighted by atomic mass is 9.91. The van der Waals surface area contributed by atoms with Crippen LogP contribution in [0.15, 0.2) is 30.3 Å². The molecule has 8 rings (SSSR count). The Morgan fingerprint density at radius 1 is 1.16 bits per heavy atom. The second kappa shape index (κ2) is 12.0. The Labute approximate surface area is 284 Å². The van der Waals surface area contributed by atoms with Crippen molar-refractivity contribution in [2.75, 3.05) is 58.1 Å². The van der Waals surface area contributed by atoms with Crippen molar-refractivity contribution in [3.63, 3.8) is 0 Å². The van der Waals surface area contributed by atoms with Gasteiger partial charge in [0.05, 0.1) is 48.9 Å². The molecule has 5 heterocycles. The number of ether oxygens (including phenoxy) is 4. The minimum absolute atomic E-state index is 0.00634. The summed E-state index contributed by atoms with van der Waals surface area (Å²) in [5.74, 6) is 2.37. The summed E-state index contributed by atoms with van der Waals surface area (Å²) in [5.41, 5.74) is -0.523. The Kier molecular flexibility index (Phi) is 7.82. The second-order valence-electron chi connectivity index (χ2n) is 14.4. The number of anilines is 1. The van der Waals surface area contributed by atoms with Crippen LogP contribution in [0.4, 0.5) is 14.6 Å². The summed E-state index contributed by atoms with van der Waals surface area (Å²) in [4.78, 5) is 14.4. The lowest BCUT2D eigenvalue weighted by Crippen LogP contribution is -2.48. The van der Waals surface area contributed by atoms with Gasteiger partial charge in [0.2, 0.25) is 0 Å². The third kappa shape index (κ3) is 5.32. The maximum atomic E-state index is 17.3. The first-order valence-corrected chi connectivity index (χ1v) is 17.0. The first-order chi connectivity index (χ1) is 23.6. The van der Waals surface area contributed by atoms with Crippen molar-refractivity contribution < 1.29 is 32.8 Å². The molecule has 4 atom stereocenters. The van der Waals surface area contributed by atoms with Crippen LogP contribution in [0.25, 0.3) is 32.8 Å². The van der Waals surface area contributed by atoms with Crippen LogP contribution in [0.2, 0.25) is 0 Å². The number of aromatic nitrogens is 2. The predicted molar refractivity (Wildman–Crippen MR) is 182 cm³/mol. The molecular weight excluding hydrogens is 630 g/mol. The summed E-state index contributed by atoms with van der Waals surface area (Å²) in [5, 5.41) is 11.9. The van der Waals surface area contributed by atoms with Crippen LogP contribution < -0.4 is 14.4 Å². The highest BCUT2D eigenvalue weighted by molar-refractivity contribution is 6.05. The van der Waals surface area contributed by atoms with Crippen LogP contribution in [0, 0.1) is 29.9 Å². The van der Waals surface area contributed by atoms with Gasteiger partial charge in [0.1, 0.15) is 40.9 Å². The number of benzene rings is 3. The number of terminal acetylenes is 1. The van der Waals surface area contributed by atoms with Crippen LogP contribution in [-0.2, 0) is 9.47 Å². The summed E-state index contributed by atoms with van der Waals surface area (Å²) < 4.78 is 57.2. The van der Waals surface area contributed by atoms with Crippen LogP contribution in [0.3, 0.4) is 0 Å². The molecule has 3 fully saturated rings. The van der Waals surface area contributed by atoms with Gasteiger partial charge in [-0.25, -0.2) is 8.78 Å². The van der Waals surface area contributed by atoms with Gasteiger partial charge in [0.15, 0.2) is 5.82 Å². The van der Waals surface area contributed by atoms with Crippen LogP contribution in [0.5, 0.6) is 17.5 Å². The highest BCUT2D eigenvalue weighted by atomic mass is 19.1. The number of hydrogen-bond acceptors (Lipinski definition) is 9. The number of methoxy groups -OCH3 is 1. The molecule has 49 heavy (non-hydrogen) atoms. The second-order valence-corrected chi connectivity index (χ2v) is 14.4. The molecule has 0 bridgehead atoms. The quantitative estimate of drug-likeness (QED) is 0.255. The Hall–Kier alpha value is -4.24. The van der Waals surface area contributed by atoms with Crippen LogP contribution in [-0.4, -0.2) is 90.3 Å². The molecular formula is C38H40F2N4O5. The highest BCUT2D eigenvalue weighted by Crippen LogP contribution is 2.46. The summed E-state index contributed by atoms with van der Waals surface area (Å²) in [6.07, 6.45) is 9.51. The van der Waals surface area contributed by atoms with Crippen molar-refractivity contribution in [3.8, 4) is 41.0 Å². The number of aromatic hydroxyl groups is 1. The average molecular weight is 671 g/mol. The Bertz CT molecular complexity index is 2020. The molecule has 0 spiro atoms. The lowest BCUT2D eigenvalue weighted by Gasteiger charge is -2.37. The molecule has 4 aliphatic heterocycles. The van der Waals surface area contributed by atoms with Crippen molar-refractivity contribution in [1.82, 2.24) is 14.9 Å². The van der Waals surface area contributed by atoms with E-state index in [1.807, 2.05) is 6.92 Å². The number of nitrogens with zero attached hydrogens (tertiary/aromatic N) is 4. The van der Waals surface area contributed by atoms with Gasteiger partial charge in [-0.3, -0.25) is 4.90 Å². The third-order valence-electron chi connectivity index (χ3n) is 10.9. The average Bonchev–Trinajstić information content (AvgIpc) is 3.55. The Morgan fingerprint density at radius 3 is 2.84 bits per heavy atom. The van der Waals surface area contributed by atoms with E-state index in [0.717, 1.165) is 32.4 Å². The Balaban J connectivity index is 1.36. The first-order valence-electron chi connectivity index (χ1n) is 17.0. The van der Waals surface area contributed by atoms with E-state index in [9.17, 15) is 5.11 Å². The number of phenols is 1. The molecule has 9 nitrogen and oxygen atoms in total. The molecule has 256 valence electrons. The van der Waals surface area contributed by atoms with Gasteiger partial charge in [-0.15, -0.1) is 6.42 Å². The fourth-order valence-corrected chi connectivity index (χ4v) is 8.54. The molecule has 2 unspecified atom stereocenters. The van der Waals surface area contributed by atoms with Crippen molar-refractivity contribution in [2.45, 2.75) is 56.7 Å². The summed E-state index contributed by atoms with van der Waals surface area (Å²) in [6.45, 7) is 8.21. The summed E-state index contributed by atoms with van der Waals surface area (Å²) >= 11 is 0. The number of halogens is 2. The lowest BCUT2D eigenvalue weighted by molar-refractivity contribution is -0.0460. The van der Waals surface area contributed by atoms with E-state index < -0.39 is 17.2 Å². The van der Waals surface area contributed by atoms with Crippen LogP contribution in [0.1, 0.15) is 45.1 Å². The van der Waals surface area contributed by atoms with E-state index in [0.29, 0.717) is 73.0 Å². The first kappa shape index (κ1) is 32.0. The third-order valence-corrected chi connectivity index (χ3v) is 10.9. The number of hydrogen-bond donors (Lipinski definition) is 1. The minimum Gasteiger partial charge on any atom is -0.508 e. The zero-order valence-electron chi connectivity index (χ0n) is 28.0. The SMILES string of the molecule is C#Cc1c(F)ccc2cc(O)cc(-c3cc4c5c(nc(OC[C@@]67CCCN6C[C@H](C)C7)nc5c3F)N3CC(C)(OC)COCC3CCO4)c12. The monoisotopic (exact) mass is 670 g/mol. The smallest absolute Gasteiger partial charge is 0.319 e. The van der Waals surface area contributed by atoms with Gasteiger partial charge in [0, 0.05) is 31.0 Å². The van der Waals surface area contributed by atoms with Gasteiger partial charge in [-0.1, -0.05) is 18.9 Å². The summed E-state index contributed by atoms with van der Waals surface area (Å²) in [6, 6.07) is 7.13. The standard InChI is InChI=1S/C38H40F2N4O5/c1-5-26-29(39)8-7-23-13-25(45)14-27(31(23)26)28-15-30-32-34(33(28)40)41-36(49-21-38-10-6-11-43(38)17-22(2)16-38)42-35(32)44-19-37(3,46-4)20-47-18-24(44)9-12-48-30/h1,7-8,13-15,22,24,45H,6,9-12,16-21H2,2-4H3/t22-,24?,37?,38+/m1/s1. The maximum Gasteiger partial charge on any atom is 0.319 e. The Morgan fingerprint density at radius 2 is 2.02 bits per heavy atom. The number of fused-ring (bicyclic) bond motifs is 4. The van der Waals surface area contributed by atoms with E-state index in [1.54, 1.807) is 13.2 Å². The zero-order chi connectivity index (χ0) is 34.1. The predicted octanol–water partition coefficient (Wildman–Crippen LogP) is 6.06. The topological polar surface area (TPSA) is 89.4 Å². The van der Waals surface area contributed by atoms with Crippen molar-refractivity contribution in [2.24, 2.45) is 5.92 Å². The molecule has 1 aromatic heterocycles. The van der Waals surface area contributed by atoms with E-state index in [1.165, 1.54) is 24.3 Å². The highest BCUT2D eigenvalue weighted by Gasteiger charge is 2.48. The molecule has 0 aliphatic carbocycles. The van der Waals surface area contributed by atoms with Gasteiger partial charge in [0.25, 0.3) is 0 Å². The normalized spacial score (nSPS) is 26.8. The molecule has 4 aliphatic rings. The van der Waals surface area contributed by atoms with Gasteiger partial charge < -0.3 is 29.0 Å². The van der Waals surface area contributed by atoms with E-state index in [2.05, 4.69) is 22.6 Å².